The fourth-order valence-corrected chi connectivity index (χ4v) is 2.17. The number of hydrogen-bond acceptors (Lipinski definition) is 4. The molecule has 0 unspecified atom stereocenters. The third-order valence-corrected chi connectivity index (χ3v) is 3.55. The second-order valence-corrected chi connectivity index (χ2v) is 5.59. The van der Waals surface area contributed by atoms with Crippen LogP contribution in [-0.2, 0) is 11.2 Å². The third-order valence-electron chi connectivity index (χ3n) is 3.55. The molecule has 0 radical (unpaired) electrons. The zero-order valence-electron chi connectivity index (χ0n) is 14.7. The van der Waals surface area contributed by atoms with Crippen molar-refractivity contribution in [2.24, 2.45) is 5.10 Å². The van der Waals surface area contributed by atoms with Crippen molar-refractivity contribution in [3.8, 4) is 11.5 Å². The second-order valence-electron chi connectivity index (χ2n) is 5.59. The van der Waals surface area contributed by atoms with Gasteiger partial charge in [0.2, 0.25) is 5.91 Å². The highest BCUT2D eigenvalue weighted by molar-refractivity contribution is 5.83. The summed E-state index contributed by atoms with van der Waals surface area (Å²) >= 11 is 0. The lowest BCUT2D eigenvalue weighted by atomic mass is 10.1. The van der Waals surface area contributed by atoms with Crippen LogP contribution >= 0.6 is 0 Å². The molecule has 132 valence electrons. The van der Waals surface area contributed by atoms with Crippen LogP contribution in [0.3, 0.4) is 0 Å². The number of hydrazone groups is 1. The Balaban J connectivity index is 1.82. The highest BCUT2D eigenvalue weighted by Gasteiger charge is 2.02. The minimum absolute atomic E-state index is 0.170. The molecule has 0 saturated heterocycles. The van der Waals surface area contributed by atoms with E-state index in [9.17, 15) is 4.79 Å². The SMILES string of the molecule is CCCCOc1cccc(/C=N\NC(=O)Cc2ccc(OC)cc2)c1. The fourth-order valence-electron chi connectivity index (χ4n) is 2.17. The molecule has 0 spiro atoms. The lowest BCUT2D eigenvalue weighted by Crippen LogP contribution is -2.19. The lowest BCUT2D eigenvalue weighted by Gasteiger charge is -2.05. The van der Waals surface area contributed by atoms with Crippen LogP contribution in [0.5, 0.6) is 11.5 Å². The largest absolute Gasteiger partial charge is 0.497 e. The number of rotatable bonds is 9. The minimum atomic E-state index is -0.170. The lowest BCUT2D eigenvalue weighted by molar-refractivity contribution is -0.120. The summed E-state index contributed by atoms with van der Waals surface area (Å²) in [6.45, 7) is 2.83. The summed E-state index contributed by atoms with van der Waals surface area (Å²) in [4.78, 5) is 11.9. The van der Waals surface area contributed by atoms with E-state index in [1.807, 2.05) is 48.5 Å². The van der Waals surface area contributed by atoms with E-state index < -0.39 is 0 Å². The van der Waals surface area contributed by atoms with Gasteiger partial charge in [0.25, 0.3) is 0 Å². The number of amides is 1. The maximum absolute atomic E-state index is 11.9. The number of methoxy groups -OCH3 is 1. The summed E-state index contributed by atoms with van der Waals surface area (Å²) in [6, 6.07) is 15.0. The number of unbranched alkanes of at least 4 members (excludes halogenated alkanes) is 1. The van der Waals surface area contributed by atoms with E-state index in [0.29, 0.717) is 6.61 Å². The molecule has 1 amide bonds. The van der Waals surface area contributed by atoms with E-state index in [1.165, 1.54) is 0 Å². The van der Waals surface area contributed by atoms with Crippen molar-refractivity contribution < 1.29 is 14.3 Å². The topological polar surface area (TPSA) is 59.9 Å². The molecule has 25 heavy (non-hydrogen) atoms. The van der Waals surface area contributed by atoms with Crippen molar-refractivity contribution in [1.82, 2.24) is 5.43 Å². The molecular formula is C20H24N2O3. The first kappa shape index (κ1) is 18.5. The van der Waals surface area contributed by atoms with Crippen molar-refractivity contribution >= 4 is 12.1 Å². The molecule has 2 rings (SSSR count). The van der Waals surface area contributed by atoms with Crippen LogP contribution in [-0.4, -0.2) is 25.8 Å². The molecule has 2 aromatic carbocycles. The number of carbonyl (C=O) groups is 1. The quantitative estimate of drug-likeness (QED) is 0.431. The van der Waals surface area contributed by atoms with Crippen molar-refractivity contribution in [3.63, 3.8) is 0 Å². The summed E-state index contributed by atoms with van der Waals surface area (Å²) in [5.74, 6) is 1.40. The van der Waals surface area contributed by atoms with Crippen LogP contribution in [0.25, 0.3) is 0 Å². The van der Waals surface area contributed by atoms with E-state index in [4.69, 9.17) is 9.47 Å². The van der Waals surface area contributed by atoms with Crippen molar-refractivity contribution in [2.75, 3.05) is 13.7 Å². The van der Waals surface area contributed by atoms with Gasteiger partial charge in [-0.25, -0.2) is 5.43 Å². The summed E-state index contributed by atoms with van der Waals surface area (Å²) < 4.78 is 10.7. The van der Waals surface area contributed by atoms with E-state index in [1.54, 1.807) is 13.3 Å². The summed E-state index contributed by atoms with van der Waals surface area (Å²) in [6.07, 6.45) is 4.00. The first-order valence-corrected chi connectivity index (χ1v) is 8.39. The number of hydrogen-bond donors (Lipinski definition) is 1. The van der Waals surface area contributed by atoms with Gasteiger partial charge in [0.05, 0.1) is 26.4 Å². The van der Waals surface area contributed by atoms with Crippen LogP contribution in [0.2, 0.25) is 0 Å². The van der Waals surface area contributed by atoms with Gasteiger partial charge < -0.3 is 9.47 Å². The molecule has 0 atom stereocenters. The maximum atomic E-state index is 11.9. The number of nitrogens with one attached hydrogen (secondary N) is 1. The van der Waals surface area contributed by atoms with Gasteiger partial charge in [-0.3, -0.25) is 4.79 Å². The van der Waals surface area contributed by atoms with E-state index in [-0.39, 0.29) is 12.3 Å². The van der Waals surface area contributed by atoms with Crippen LogP contribution in [0, 0.1) is 0 Å². The zero-order valence-corrected chi connectivity index (χ0v) is 14.7. The Morgan fingerprint density at radius 3 is 2.68 bits per heavy atom. The average molecular weight is 340 g/mol. The monoisotopic (exact) mass is 340 g/mol. The number of ether oxygens (including phenoxy) is 2. The fraction of sp³-hybridized carbons (Fsp3) is 0.300. The number of nitrogens with zero attached hydrogens (tertiary/aromatic N) is 1. The van der Waals surface area contributed by atoms with Gasteiger partial charge in [-0.1, -0.05) is 37.6 Å². The predicted octanol–water partition coefficient (Wildman–Crippen LogP) is 3.57. The van der Waals surface area contributed by atoms with E-state index in [0.717, 1.165) is 35.5 Å². The average Bonchev–Trinajstić information content (AvgIpc) is 2.63. The second kappa shape index (κ2) is 10.1. The van der Waals surface area contributed by atoms with Crippen molar-refractivity contribution in [1.29, 1.82) is 0 Å². The molecule has 0 bridgehead atoms. The molecule has 0 fully saturated rings. The highest BCUT2D eigenvalue weighted by Crippen LogP contribution is 2.13. The molecule has 5 heteroatoms. The Bertz CT molecular complexity index is 696. The van der Waals surface area contributed by atoms with Gasteiger partial charge in [0.1, 0.15) is 11.5 Å². The van der Waals surface area contributed by atoms with E-state index >= 15 is 0 Å². The van der Waals surface area contributed by atoms with Crippen molar-refractivity contribution in [2.45, 2.75) is 26.2 Å². The van der Waals surface area contributed by atoms with Gasteiger partial charge in [-0.2, -0.15) is 5.10 Å². The molecule has 5 nitrogen and oxygen atoms in total. The molecule has 0 saturated carbocycles. The Kier molecular flexibility index (Phi) is 7.50. The van der Waals surface area contributed by atoms with Gasteiger partial charge in [0, 0.05) is 0 Å². The van der Waals surface area contributed by atoms with Gasteiger partial charge in [-0.15, -0.1) is 0 Å². The minimum Gasteiger partial charge on any atom is -0.497 e. The van der Waals surface area contributed by atoms with Crippen molar-refractivity contribution in [3.05, 3.63) is 59.7 Å². The van der Waals surface area contributed by atoms with Crippen LogP contribution in [0.4, 0.5) is 0 Å². The Morgan fingerprint density at radius 1 is 1.16 bits per heavy atom. The molecule has 0 aliphatic rings. The first-order chi connectivity index (χ1) is 12.2. The Labute approximate surface area is 148 Å². The smallest absolute Gasteiger partial charge is 0.244 e. The first-order valence-electron chi connectivity index (χ1n) is 8.39. The number of carbonyl (C=O) groups excluding carboxylic acids is 1. The summed E-state index contributed by atoms with van der Waals surface area (Å²) in [5.41, 5.74) is 4.31. The molecule has 0 aliphatic heterocycles. The van der Waals surface area contributed by atoms with Gasteiger partial charge in [-0.05, 0) is 41.8 Å². The Hall–Kier alpha value is -2.82. The summed E-state index contributed by atoms with van der Waals surface area (Å²) in [5, 5.41) is 4.00. The van der Waals surface area contributed by atoms with Gasteiger partial charge in [0.15, 0.2) is 0 Å². The predicted molar refractivity (Wildman–Crippen MR) is 99.3 cm³/mol. The van der Waals surface area contributed by atoms with Crippen LogP contribution < -0.4 is 14.9 Å². The van der Waals surface area contributed by atoms with E-state index in [2.05, 4.69) is 17.5 Å². The molecule has 0 aliphatic carbocycles. The molecule has 0 heterocycles. The van der Waals surface area contributed by atoms with Crippen LogP contribution in [0.1, 0.15) is 30.9 Å². The number of benzene rings is 2. The Morgan fingerprint density at radius 2 is 1.96 bits per heavy atom. The normalized spacial score (nSPS) is 10.6. The third kappa shape index (κ3) is 6.67. The maximum Gasteiger partial charge on any atom is 0.244 e. The molecule has 1 N–H and O–H groups in total. The van der Waals surface area contributed by atoms with Crippen LogP contribution in [0.15, 0.2) is 53.6 Å². The molecule has 0 aromatic heterocycles. The zero-order chi connectivity index (χ0) is 17.9. The summed E-state index contributed by atoms with van der Waals surface area (Å²) in [7, 11) is 1.61. The van der Waals surface area contributed by atoms with Gasteiger partial charge >= 0.3 is 0 Å². The molecular weight excluding hydrogens is 316 g/mol. The molecule has 2 aromatic rings. The standard InChI is InChI=1S/C20H24N2O3/c1-3-4-12-25-19-7-5-6-17(13-19)15-21-22-20(23)14-16-8-10-18(24-2)11-9-16/h5-11,13,15H,3-4,12,14H2,1-2H3,(H,22,23)/b21-15-. The highest BCUT2D eigenvalue weighted by atomic mass is 16.5.